The van der Waals surface area contributed by atoms with Crippen molar-refractivity contribution in [1.29, 1.82) is 0 Å². The number of esters is 1. The van der Waals surface area contributed by atoms with E-state index in [0.717, 1.165) is 12.1 Å². The molecule has 146 valence electrons. The number of hydrogen-bond donors (Lipinski definition) is 0. The van der Waals surface area contributed by atoms with Crippen molar-refractivity contribution < 1.29 is 27.9 Å². The van der Waals surface area contributed by atoms with Gasteiger partial charge in [-0.25, -0.2) is 13.6 Å². The molecule has 1 fully saturated rings. The fraction of sp³-hybridized carbons (Fsp3) is 0.250. The smallest absolute Gasteiger partial charge is 0.337 e. The molecule has 8 heteroatoms. The predicted molar refractivity (Wildman–Crippen MR) is 95.9 cm³/mol. The number of ether oxygens (including phenoxy) is 1. The van der Waals surface area contributed by atoms with E-state index in [-0.39, 0.29) is 37.6 Å². The molecular formula is C20H18F2N2O4. The topological polar surface area (TPSA) is 66.9 Å². The number of piperazine rings is 1. The second-order valence-corrected chi connectivity index (χ2v) is 6.25. The summed E-state index contributed by atoms with van der Waals surface area (Å²) in [6.07, 6.45) is 0. The van der Waals surface area contributed by atoms with E-state index in [2.05, 4.69) is 4.74 Å². The minimum atomic E-state index is -0.914. The Kier molecular flexibility index (Phi) is 5.67. The molecule has 2 aromatic carbocycles. The van der Waals surface area contributed by atoms with Gasteiger partial charge in [0.1, 0.15) is 17.2 Å². The molecule has 1 saturated heterocycles. The highest BCUT2D eigenvalue weighted by Crippen LogP contribution is 2.17. The maximum Gasteiger partial charge on any atom is 0.337 e. The predicted octanol–water partition coefficient (Wildman–Crippen LogP) is 2.35. The summed E-state index contributed by atoms with van der Waals surface area (Å²) >= 11 is 0. The normalized spacial score (nSPS) is 14.0. The van der Waals surface area contributed by atoms with E-state index in [1.165, 1.54) is 29.0 Å². The molecule has 2 aromatic rings. The Bertz CT molecular complexity index is 904. The van der Waals surface area contributed by atoms with Gasteiger partial charge in [0.15, 0.2) is 0 Å². The van der Waals surface area contributed by atoms with Crippen molar-refractivity contribution >= 4 is 17.8 Å². The third-order valence-corrected chi connectivity index (χ3v) is 4.56. The van der Waals surface area contributed by atoms with Gasteiger partial charge in [0, 0.05) is 31.7 Å². The van der Waals surface area contributed by atoms with Gasteiger partial charge >= 0.3 is 5.97 Å². The maximum atomic E-state index is 13.8. The molecule has 3 rings (SSSR count). The monoisotopic (exact) mass is 388 g/mol. The Morgan fingerprint density at radius 2 is 1.32 bits per heavy atom. The average molecular weight is 388 g/mol. The number of benzene rings is 2. The lowest BCUT2D eigenvalue weighted by Gasteiger charge is -2.35. The van der Waals surface area contributed by atoms with Crippen molar-refractivity contribution in [2.45, 2.75) is 0 Å². The molecule has 1 aliphatic heterocycles. The second kappa shape index (κ2) is 8.16. The van der Waals surface area contributed by atoms with Crippen LogP contribution < -0.4 is 0 Å². The van der Waals surface area contributed by atoms with Crippen LogP contribution in [0.3, 0.4) is 0 Å². The van der Waals surface area contributed by atoms with Crippen molar-refractivity contribution in [2.24, 2.45) is 0 Å². The first-order chi connectivity index (χ1) is 13.4. The van der Waals surface area contributed by atoms with Gasteiger partial charge in [0.2, 0.25) is 0 Å². The number of halogens is 2. The zero-order chi connectivity index (χ0) is 20.3. The lowest BCUT2D eigenvalue weighted by Crippen LogP contribution is -2.50. The highest BCUT2D eigenvalue weighted by molar-refractivity contribution is 5.98. The minimum absolute atomic E-state index is 0.148. The summed E-state index contributed by atoms with van der Waals surface area (Å²) in [4.78, 5) is 39.6. The Hall–Kier alpha value is -3.29. The average Bonchev–Trinajstić information content (AvgIpc) is 2.72. The van der Waals surface area contributed by atoms with Crippen LogP contribution in [0.1, 0.15) is 31.1 Å². The summed E-state index contributed by atoms with van der Waals surface area (Å²) in [6.45, 7) is 0.719. The summed E-state index contributed by atoms with van der Waals surface area (Å²) in [5, 5.41) is 0. The van der Waals surface area contributed by atoms with Crippen molar-refractivity contribution in [2.75, 3.05) is 33.3 Å². The van der Waals surface area contributed by atoms with E-state index in [1.807, 2.05) is 0 Å². The van der Waals surface area contributed by atoms with Crippen LogP contribution in [0.5, 0.6) is 0 Å². The molecule has 0 unspecified atom stereocenters. The van der Waals surface area contributed by atoms with Gasteiger partial charge < -0.3 is 14.5 Å². The number of amides is 2. The highest BCUT2D eigenvalue weighted by Gasteiger charge is 2.28. The zero-order valence-electron chi connectivity index (χ0n) is 15.2. The molecule has 28 heavy (non-hydrogen) atoms. The fourth-order valence-corrected chi connectivity index (χ4v) is 3.05. The molecule has 0 atom stereocenters. The van der Waals surface area contributed by atoms with Crippen molar-refractivity contribution in [3.8, 4) is 0 Å². The third kappa shape index (κ3) is 3.85. The Balaban J connectivity index is 1.68. The molecule has 0 spiro atoms. The first-order valence-corrected chi connectivity index (χ1v) is 8.63. The summed E-state index contributed by atoms with van der Waals surface area (Å²) < 4.78 is 32.3. The third-order valence-electron chi connectivity index (χ3n) is 4.56. The molecule has 0 N–H and O–H groups in total. The second-order valence-electron chi connectivity index (χ2n) is 6.25. The zero-order valence-corrected chi connectivity index (χ0v) is 15.2. The van der Waals surface area contributed by atoms with Crippen LogP contribution in [-0.4, -0.2) is 60.9 Å². The molecule has 1 heterocycles. The van der Waals surface area contributed by atoms with Gasteiger partial charge in [-0.3, -0.25) is 9.59 Å². The van der Waals surface area contributed by atoms with Crippen LogP contribution in [0.15, 0.2) is 42.5 Å². The van der Waals surface area contributed by atoms with E-state index < -0.39 is 29.1 Å². The van der Waals surface area contributed by atoms with E-state index in [0.29, 0.717) is 5.56 Å². The van der Waals surface area contributed by atoms with Gasteiger partial charge in [-0.05, 0) is 30.3 Å². The first-order valence-electron chi connectivity index (χ1n) is 8.63. The largest absolute Gasteiger partial charge is 0.465 e. The summed E-state index contributed by atoms with van der Waals surface area (Å²) in [6, 6.07) is 9.42. The lowest BCUT2D eigenvalue weighted by molar-refractivity contribution is 0.0529. The summed E-state index contributed by atoms with van der Waals surface area (Å²) in [5.41, 5.74) is -0.00641. The standard InChI is InChI=1S/C20H18F2N2O4/c1-28-20(27)14-5-2-4-13(12-14)18(25)23-8-10-24(11-9-23)19(26)17-15(21)6-3-7-16(17)22/h2-7,12H,8-11H2,1H3. The van der Waals surface area contributed by atoms with Crippen molar-refractivity contribution in [3.05, 3.63) is 70.8 Å². The SMILES string of the molecule is COC(=O)c1cccc(C(=O)N2CCN(C(=O)c3c(F)cccc3F)CC2)c1. The van der Waals surface area contributed by atoms with E-state index >= 15 is 0 Å². The van der Waals surface area contributed by atoms with Gasteiger partial charge in [-0.1, -0.05) is 12.1 Å². The Labute approximate surface area is 160 Å². The molecule has 1 aliphatic rings. The van der Waals surface area contributed by atoms with Crippen LogP contribution in [-0.2, 0) is 4.74 Å². The van der Waals surface area contributed by atoms with Crippen LogP contribution >= 0.6 is 0 Å². The van der Waals surface area contributed by atoms with Crippen LogP contribution in [0.4, 0.5) is 8.78 Å². The molecule has 0 saturated carbocycles. The Morgan fingerprint density at radius 1 is 0.821 bits per heavy atom. The summed E-state index contributed by atoms with van der Waals surface area (Å²) in [7, 11) is 1.26. The molecule has 0 aliphatic carbocycles. The van der Waals surface area contributed by atoms with Gasteiger partial charge in [-0.15, -0.1) is 0 Å². The van der Waals surface area contributed by atoms with Crippen molar-refractivity contribution in [3.63, 3.8) is 0 Å². The lowest BCUT2D eigenvalue weighted by atomic mass is 10.1. The molecule has 2 amide bonds. The van der Waals surface area contributed by atoms with Gasteiger partial charge in [0.25, 0.3) is 11.8 Å². The summed E-state index contributed by atoms with van der Waals surface area (Å²) in [5.74, 6) is -3.41. The molecule has 6 nitrogen and oxygen atoms in total. The fourth-order valence-electron chi connectivity index (χ4n) is 3.05. The van der Waals surface area contributed by atoms with Gasteiger partial charge in [-0.2, -0.15) is 0 Å². The number of carbonyl (C=O) groups excluding carboxylic acids is 3. The highest BCUT2D eigenvalue weighted by atomic mass is 19.1. The molecule has 0 aromatic heterocycles. The maximum absolute atomic E-state index is 13.8. The molecule has 0 bridgehead atoms. The first kappa shape index (κ1) is 19.5. The van der Waals surface area contributed by atoms with Crippen LogP contribution in [0.2, 0.25) is 0 Å². The number of carbonyl (C=O) groups is 3. The quantitative estimate of drug-likeness (QED) is 0.757. The van der Waals surface area contributed by atoms with E-state index in [4.69, 9.17) is 0 Å². The van der Waals surface area contributed by atoms with Gasteiger partial charge in [0.05, 0.1) is 12.7 Å². The van der Waals surface area contributed by atoms with E-state index in [9.17, 15) is 23.2 Å². The number of rotatable bonds is 3. The van der Waals surface area contributed by atoms with Crippen LogP contribution in [0.25, 0.3) is 0 Å². The number of methoxy groups -OCH3 is 1. The van der Waals surface area contributed by atoms with E-state index in [1.54, 1.807) is 18.2 Å². The molecule has 0 radical (unpaired) electrons. The van der Waals surface area contributed by atoms with Crippen molar-refractivity contribution in [1.82, 2.24) is 9.80 Å². The molecular weight excluding hydrogens is 370 g/mol. The number of nitrogens with zero attached hydrogens (tertiary/aromatic N) is 2. The Morgan fingerprint density at radius 3 is 1.89 bits per heavy atom. The number of hydrogen-bond acceptors (Lipinski definition) is 4. The van der Waals surface area contributed by atoms with Crippen LogP contribution in [0, 0.1) is 11.6 Å². The minimum Gasteiger partial charge on any atom is -0.465 e.